The molecule has 3 rings (SSSR count). The van der Waals surface area contributed by atoms with Gasteiger partial charge in [-0.25, -0.2) is 0 Å². The fourth-order valence-corrected chi connectivity index (χ4v) is 2.31. The van der Waals surface area contributed by atoms with Gasteiger partial charge in [-0.15, -0.1) is 0 Å². The summed E-state index contributed by atoms with van der Waals surface area (Å²) >= 11 is 0. The van der Waals surface area contributed by atoms with Crippen LogP contribution in [0.5, 0.6) is 0 Å². The first-order chi connectivity index (χ1) is 8.74. The minimum atomic E-state index is -0.0620. The van der Waals surface area contributed by atoms with Crippen LogP contribution in [-0.2, 0) is 13.0 Å². The molecule has 0 saturated carbocycles. The molecule has 0 bridgehead atoms. The summed E-state index contributed by atoms with van der Waals surface area (Å²) in [5.41, 5.74) is 8.91. The number of furan rings is 1. The standard InChI is InChI=1S/C14H14N2O2/c15-12-4-3-10-5-6-16(9-11(10)8-12)14(17)13-2-1-7-18-13/h1-4,7-8H,5-6,9,15H2. The zero-order valence-electron chi connectivity index (χ0n) is 9.93. The lowest BCUT2D eigenvalue weighted by Gasteiger charge is -2.28. The summed E-state index contributed by atoms with van der Waals surface area (Å²) in [5.74, 6) is 0.329. The van der Waals surface area contributed by atoms with Gasteiger partial charge in [-0.3, -0.25) is 4.79 Å². The lowest BCUT2D eigenvalue weighted by molar-refractivity contribution is 0.0702. The van der Waals surface area contributed by atoms with Crippen molar-refractivity contribution in [1.29, 1.82) is 0 Å². The molecule has 4 nitrogen and oxygen atoms in total. The second-order valence-corrected chi connectivity index (χ2v) is 4.48. The van der Waals surface area contributed by atoms with Gasteiger partial charge in [0.05, 0.1) is 6.26 Å². The van der Waals surface area contributed by atoms with Crippen molar-refractivity contribution < 1.29 is 9.21 Å². The molecule has 1 aliphatic rings. The highest BCUT2D eigenvalue weighted by Gasteiger charge is 2.23. The molecule has 0 fully saturated rings. The predicted octanol–water partition coefficient (Wildman–Crippen LogP) is 2.06. The molecule has 1 aromatic carbocycles. The van der Waals surface area contributed by atoms with Crippen molar-refractivity contribution in [1.82, 2.24) is 4.90 Å². The number of benzene rings is 1. The van der Waals surface area contributed by atoms with Crippen molar-refractivity contribution in [2.45, 2.75) is 13.0 Å². The number of nitrogens with two attached hydrogens (primary N) is 1. The van der Waals surface area contributed by atoms with E-state index < -0.39 is 0 Å². The second kappa shape index (κ2) is 4.22. The summed E-state index contributed by atoms with van der Waals surface area (Å²) in [6.45, 7) is 1.32. The number of nitrogens with zero attached hydrogens (tertiary/aromatic N) is 1. The molecule has 0 saturated heterocycles. The summed E-state index contributed by atoms with van der Waals surface area (Å²) in [5, 5.41) is 0. The Morgan fingerprint density at radius 2 is 2.17 bits per heavy atom. The van der Waals surface area contributed by atoms with E-state index >= 15 is 0 Å². The topological polar surface area (TPSA) is 59.5 Å². The first kappa shape index (κ1) is 10.9. The summed E-state index contributed by atoms with van der Waals surface area (Å²) in [6, 6.07) is 9.31. The van der Waals surface area contributed by atoms with Crippen LogP contribution in [0, 0.1) is 0 Å². The third-order valence-corrected chi connectivity index (χ3v) is 3.26. The molecule has 92 valence electrons. The van der Waals surface area contributed by atoms with Crippen molar-refractivity contribution in [3.8, 4) is 0 Å². The highest BCUT2D eigenvalue weighted by atomic mass is 16.3. The van der Waals surface area contributed by atoms with Crippen molar-refractivity contribution in [2.24, 2.45) is 0 Å². The maximum atomic E-state index is 12.2. The average molecular weight is 242 g/mol. The van der Waals surface area contributed by atoms with Crippen molar-refractivity contribution in [3.05, 3.63) is 53.5 Å². The Hall–Kier alpha value is -2.23. The largest absolute Gasteiger partial charge is 0.459 e. The van der Waals surface area contributed by atoms with E-state index in [1.54, 1.807) is 17.0 Å². The molecule has 18 heavy (non-hydrogen) atoms. The number of rotatable bonds is 1. The first-order valence-corrected chi connectivity index (χ1v) is 5.94. The van der Waals surface area contributed by atoms with Gasteiger partial charge in [-0.05, 0) is 41.8 Å². The minimum Gasteiger partial charge on any atom is -0.459 e. The first-order valence-electron chi connectivity index (χ1n) is 5.94. The molecule has 1 aromatic heterocycles. The normalized spacial score (nSPS) is 14.3. The molecule has 0 aliphatic carbocycles. The van der Waals surface area contributed by atoms with Gasteiger partial charge in [-0.1, -0.05) is 6.07 Å². The number of anilines is 1. The summed E-state index contributed by atoms with van der Waals surface area (Å²) in [6.07, 6.45) is 2.38. The van der Waals surface area contributed by atoms with Gasteiger partial charge in [0.2, 0.25) is 0 Å². The fourth-order valence-electron chi connectivity index (χ4n) is 2.31. The van der Waals surface area contributed by atoms with Crippen molar-refractivity contribution in [3.63, 3.8) is 0 Å². The third-order valence-electron chi connectivity index (χ3n) is 3.26. The Kier molecular flexibility index (Phi) is 2.55. The molecule has 2 heterocycles. The maximum Gasteiger partial charge on any atom is 0.289 e. The third kappa shape index (κ3) is 1.86. The molecule has 2 N–H and O–H groups in total. The van der Waals surface area contributed by atoms with E-state index in [4.69, 9.17) is 10.2 Å². The molecule has 1 aliphatic heterocycles. The lowest BCUT2D eigenvalue weighted by atomic mass is 9.99. The number of nitrogen functional groups attached to an aromatic ring is 1. The van der Waals surface area contributed by atoms with Gasteiger partial charge in [0.25, 0.3) is 5.91 Å². The molecule has 0 spiro atoms. The Labute approximate surface area is 105 Å². The summed E-state index contributed by atoms with van der Waals surface area (Å²) in [4.78, 5) is 13.9. The van der Waals surface area contributed by atoms with E-state index in [1.165, 1.54) is 11.8 Å². The Balaban J connectivity index is 1.84. The summed E-state index contributed by atoms with van der Waals surface area (Å²) in [7, 11) is 0. The maximum absolute atomic E-state index is 12.2. The van der Waals surface area contributed by atoms with E-state index in [1.807, 2.05) is 18.2 Å². The second-order valence-electron chi connectivity index (χ2n) is 4.48. The van der Waals surface area contributed by atoms with Crippen LogP contribution in [0.25, 0.3) is 0 Å². The quantitative estimate of drug-likeness (QED) is 0.779. The predicted molar refractivity (Wildman–Crippen MR) is 68.0 cm³/mol. The number of carbonyl (C=O) groups excluding carboxylic acids is 1. The Morgan fingerprint density at radius 3 is 2.94 bits per heavy atom. The van der Waals surface area contributed by atoms with Crippen LogP contribution >= 0.6 is 0 Å². The van der Waals surface area contributed by atoms with Gasteiger partial charge in [0, 0.05) is 18.8 Å². The number of carbonyl (C=O) groups is 1. The van der Waals surface area contributed by atoms with Crippen molar-refractivity contribution in [2.75, 3.05) is 12.3 Å². The van der Waals surface area contributed by atoms with Gasteiger partial charge >= 0.3 is 0 Å². The highest BCUT2D eigenvalue weighted by molar-refractivity contribution is 5.91. The van der Waals surface area contributed by atoms with Crippen LogP contribution in [-0.4, -0.2) is 17.4 Å². The van der Waals surface area contributed by atoms with Gasteiger partial charge < -0.3 is 15.1 Å². The van der Waals surface area contributed by atoms with E-state index in [9.17, 15) is 4.79 Å². The monoisotopic (exact) mass is 242 g/mol. The molecular formula is C14H14N2O2. The molecule has 2 aromatic rings. The van der Waals surface area contributed by atoms with Crippen LogP contribution in [0.15, 0.2) is 41.0 Å². The van der Waals surface area contributed by atoms with Gasteiger partial charge in [0.15, 0.2) is 5.76 Å². The van der Waals surface area contributed by atoms with Crippen LogP contribution in [0.1, 0.15) is 21.7 Å². The smallest absolute Gasteiger partial charge is 0.289 e. The van der Waals surface area contributed by atoms with E-state index in [2.05, 4.69) is 0 Å². The van der Waals surface area contributed by atoms with E-state index in [-0.39, 0.29) is 5.91 Å². The Morgan fingerprint density at radius 1 is 1.28 bits per heavy atom. The van der Waals surface area contributed by atoms with Crippen LogP contribution in [0.3, 0.4) is 0 Å². The number of amides is 1. The zero-order chi connectivity index (χ0) is 12.5. The minimum absolute atomic E-state index is 0.0620. The SMILES string of the molecule is Nc1ccc2c(c1)CN(C(=O)c1ccco1)CC2. The van der Waals surface area contributed by atoms with Crippen LogP contribution in [0.2, 0.25) is 0 Å². The summed E-state index contributed by atoms with van der Waals surface area (Å²) < 4.78 is 5.14. The molecule has 4 heteroatoms. The molecular weight excluding hydrogens is 228 g/mol. The molecule has 0 atom stereocenters. The Bertz CT molecular complexity index is 575. The lowest BCUT2D eigenvalue weighted by Crippen LogP contribution is -2.35. The number of hydrogen-bond acceptors (Lipinski definition) is 3. The van der Waals surface area contributed by atoms with Crippen LogP contribution in [0.4, 0.5) is 5.69 Å². The molecule has 0 radical (unpaired) electrons. The van der Waals surface area contributed by atoms with Gasteiger partial charge in [0.1, 0.15) is 0 Å². The fraction of sp³-hybridized carbons (Fsp3) is 0.214. The van der Waals surface area contributed by atoms with Crippen LogP contribution < -0.4 is 5.73 Å². The number of fused-ring (bicyclic) bond motifs is 1. The van der Waals surface area contributed by atoms with Crippen molar-refractivity contribution >= 4 is 11.6 Å². The average Bonchev–Trinajstić information content (AvgIpc) is 2.90. The molecule has 0 unspecified atom stereocenters. The molecule has 1 amide bonds. The zero-order valence-corrected chi connectivity index (χ0v) is 9.93. The number of hydrogen-bond donors (Lipinski definition) is 1. The van der Waals surface area contributed by atoms with E-state index in [0.29, 0.717) is 12.3 Å². The highest BCUT2D eigenvalue weighted by Crippen LogP contribution is 2.22. The van der Waals surface area contributed by atoms with Gasteiger partial charge in [-0.2, -0.15) is 0 Å². The van der Waals surface area contributed by atoms with E-state index in [0.717, 1.165) is 24.2 Å².